The van der Waals surface area contributed by atoms with Gasteiger partial charge in [0, 0.05) is 18.0 Å². The largest absolute Gasteiger partial charge is 0.454 e. The van der Waals surface area contributed by atoms with Crippen LogP contribution < -0.4 is 20.8 Å². The van der Waals surface area contributed by atoms with Crippen molar-refractivity contribution in [2.75, 3.05) is 12.5 Å². The van der Waals surface area contributed by atoms with Gasteiger partial charge in [-0.15, -0.1) is 11.3 Å². The molecule has 0 aliphatic carbocycles. The van der Waals surface area contributed by atoms with Crippen molar-refractivity contribution < 1.29 is 9.47 Å². The Labute approximate surface area is 138 Å². The van der Waals surface area contributed by atoms with Crippen LogP contribution in [-0.2, 0) is 0 Å². The lowest BCUT2D eigenvalue weighted by atomic mass is 10.2. The van der Waals surface area contributed by atoms with Gasteiger partial charge in [-0.3, -0.25) is 9.36 Å². The summed E-state index contributed by atoms with van der Waals surface area (Å²) < 4.78 is 12.7. The molecule has 2 N–H and O–H groups in total. The first-order valence-electron chi connectivity index (χ1n) is 7.17. The van der Waals surface area contributed by atoms with Gasteiger partial charge in [0.1, 0.15) is 15.9 Å². The average Bonchev–Trinajstić information content (AvgIpc) is 3.19. The van der Waals surface area contributed by atoms with Crippen LogP contribution in [-0.4, -0.2) is 21.3 Å². The molecule has 0 spiro atoms. The van der Waals surface area contributed by atoms with E-state index < -0.39 is 0 Å². The summed E-state index contributed by atoms with van der Waals surface area (Å²) in [6.45, 7) is 0.187. The maximum atomic E-state index is 12.9. The van der Waals surface area contributed by atoms with Gasteiger partial charge < -0.3 is 15.2 Å². The summed E-state index contributed by atoms with van der Waals surface area (Å²) in [6, 6.07) is 7.04. The van der Waals surface area contributed by atoms with E-state index in [2.05, 4.69) is 9.97 Å². The number of nitrogens with zero attached hydrogens (tertiary/aromatic N) is 3. The highest BCUT2D eigenvalue weighted by atomic mass is 32.1. The maximum absolute atomic E-state index is 12.9. The Hall–Kier alpha value is -3.13. The van der Waals surface area contributed by atoms with Crippen molar-refractivity contribution in [1.82, 2.24) is 14.5 Å². The Bertz CT molecular complexity index is 1180. The molecule has 4 heterocycles. The van der Waals surface area contributed by atoms with Crippen molar-refractivity contribution in [2.24, 2.45) is 0 Å². The Morgan fingerprint density at radius 1 is 1.17 bits per heavy atom. The number of hydrogen-bond acceptors (Lipinski definition) is 7. The molecule has 0 bridgehead atoms. The highest BCUT2D eigenvalue weighted by molar-refractivity contribution is 7.25. The van der Waals surface area contributed by atoms with Crippen molar-refractivity contribution in [1.29, 1.82) is 0 Å². The van der Waals surface area contributed by atoms with E-state index in [1.165, 1.54) is 22.2 Å². The van der Waals surface area contributed by atoms with Crippen LogP contribution in [0.5, 0.6) is 11.5 Å². The minimum Gasteiger partial charge on any atom is -0.454 e. The molecule has 5 rings (SSSR count). The van der Waals surface area contributed by atoms with Crippen LogP contribution in [0.25, 0.3) is 26.1 Å². The highest BCUT2D eigenvalue weighted by Crippen LogP contribution is 2.35. The zero-order valence-electron chi connectivity index (χ0n) is 12.2. The van der Waals surface area contributed by atoms with Crippen molar-refractivity contribution in [3.63, 3.8) is 0 Å². The predicted octanol–water partition coefficient (Wildman–Crippen LogP) is 2.31. The Kier molecular flexibility index (Phi) is 2.60. The third kappa shape index (κ3) is 1.74. The Balaban J connectivity index is 1.79. The van der Waals surface area contributed by atoms with Crippen molar-refractivity contribution >= 4 is 37.5 Å². The maximum Gasteiger partial charge on any atom is 0.275 e. The Morgan fingerprint density at radius 2 is 2.04 bits per heavy atom. The van der Waals surface area contributed by atoms with Crippen LogP contribution in [0, 0.1) is 0 Å². The van der Waals surface area contributed by atoms with Gasteiger partial charge in [-0.05, 0) is 18.2 Å². The fourth-order valence-corrected chi connectivity index (χ4v) is 3.86. The van der Waals surface area contributed by atoms with E-state index in [9.17, 15) is 4.79 Å². The molecule has 4 aromatic rings. The second-order valence-corrected chi connectivity index (χ2v) is 6.32. The number of benzene rings is 1. The van der Waals surface area contributed by atoms with Gasteiger partial charge in [-0.1, -0.05) is 0 Å². The van der Waals surface area contributed by atoms with Crippen LogP contribution in [0.4, 0.5) is 5.69 Å². The van der Waals surface area contributed by atoms with E-state index in [1.54, 1.807) is 30.5 Å². The first-order valence-corrected chi connectivity index (χ1v) is 7.98. The van der Waals surface area contributed by atoms with Crippen LogP contribution in [0.3, 0.4) is 0 Å². The topological polar surface area (TPSA) is 92.3 Å². The normalized spacial score (nSPS) is 13.0. The molecule has 0 saturated heterocycles. The molecular weight excluding hydrogens is 328 g/mol. The van der Waals surface area contributed by atoms with Crippen LogP contribution >= 0.6 is 11.3 Å². The minimum atomic E-state index is -0.165. The van der Waals surface area contributed by atoms with E-state index in [0.717, 1.165) is 5.39 Å². The summed E-state index contributed by atoms with van der Waals surface area (Å²) in [5, 5.41) is 0.729. The molecular formula is C16H10N4O3S. The quantitative estimate of drug-likeness (QED) is 0.572. The monoisotopic (exact) mass is 338 g/mol. The molecule has 0 saturated carbocycles. The third-order valence-electron chi connectivity index (χ3n) is 3.95. The molecule has 1 aliphatic rings. The summed E-state index contributed by atoms with van der Waals surface area (Å²) in [7, 11) is 0. The second-order valence-electron chi connectivity index (χ2n) is 5.32. The summed E-state index contributed by atoms with van der Waals surface area (Å²) in [4.78, 5) is 22.3. The molecule has 7 nitrogen and oxygen atoms in total. The number of nitrogen functional groups attached to an aromatic ring is 1. The second kappa shape index (κ2) is 4.68. The fourth-order valence-electron chi connectivity index (χ4n) is 2.79. The van der Waals surface area contributed by atoms with Gasteiger partial charge in [-0.25, -0.2) is 9.97 Å². The first kappa shape index (κ1) is 13.3. The minimum absolute atomic E-state index is 0.165. The average molecular weight is 338 g/mol. The number of ether oxygens (including phenoxy) is 2. The molecule has 8 heteroatoms. The van der Waals surface area contributed by atoms with Crippen LogP contribution in [0.2, 0.25) is 0 Å². The van der Waals surface area contributed by atoms with Crippen LogP contribution in [0.15, 0.2) is 41.6 Å². The number of anilines is 1. The van der Waals surface area contributed by atoms with Crippen molar-refractivity contribution in [3.8, 4) is 17.2 Å². The summed E-state index contributed by atoms with van der Waals surface area (Å²) >= 11 is 1.29. The van der Waals surface area contributed by atoms with E-state index >= 15 is 0 Å². The number of fused-ring (bicyclic) bond motifs is 4. The fraction of sp³-hybridized carbons (Fsp3) is 0.0625. The van der Waals surface area contributed by atoms with E-state index in [-0.39, 0.29) is 12.4 Å². The molecule has 0 fully saturated rings. The summed E-state index contributed by atoms with van der Waals surface area (Å²) in [5.74, 6) is 1.28. The number of rotatable bonds is 1. The SMILES string of the molecule is Nc1ccnc2sc3c(=O)n(-c4ccc5c(c4)OCO5)cnc3c12. The lowest BCUT2D eigenvalue weighted by Crippen LogP contribution is -2.17. The lowest BCUT2D eigenvalue weighted by molar-refractivity contribution is 0.174. The predicted molar refractivity (Wildman–Crippen MR) is 91.1 cm³/mol. The number of nitrogens with two attached hydrogens (primary N) is 1. The molecule has 1 aromatic carbocycles. The molecule has 0 amide bonds. The highest BCUT2D eigenvalue weighted by Gasteiger charge is 2.17. The van der Waals surface area contributed by atoms with E-state index in [1.807, 2.05) is 0 Å². The summed E-state index contributed by atoms with van der Waals surface area (Å²) in [5.41, 5.74) is 7.67. The standard InChI is InChI=1S/C16H10N4O3S/c17-9-3-4-18-15-12(9)13-14(24-15)16(21)20(6-19-13)8-1-2-10-11(5-8)23-7-22-10/h1-6H,7H2,(H2,17,18). The van der Waals surface area contributed by atoms with Gasteiger partial charge in [0.2, 0.25) is 6.79 Å². The third-order valence-corrected chi connectivity index (χ3v) is 5.02. The lowest BCUT2D eigenvalue weighted by Gasteiger charge is -2.06. The molecule has 0 radical (unpaired) electrons. The van der Waals surface area contributed by atoms with Gasteiger partial charge in [0.15, 0.2) is 11.5 Å². The molecule has 1 aliphatic heterocycles. The summed E-state index contributed by atoms with van der Waals surface area (Å²) in [6.07, 6.45) is 3.13. The number of thiophene rings is 1. The molecule has 24 heavy (non-hydrogen) atoms. The zero-order valence-corrected chi connectivity index (χ0v) is 13.0. The molecule has 0 atom stereocenters. The molecule has 3 aromatic heterocycles. The molecule has 118 valence electrons. The number of hydrogen-bond donors (Lipinski definition) is 1. The van der Waals surface area contributed by atoms with E-state index in [4.69, 9.17) is 15.2 Å². The van der Waals surface area contributed by atoms with Gasteiger partial charge in [-0.2, -0.15) is 0 Å². The number of aromatic nitrogens is 3. The zero-order chi connectivity index (χ0) is 16.3. The number of pyridine rings is 1. The van der Waals surface area contributed by atoms with Gasteiger partial charge in [0.05, 0.1) is 16.6 Å². The van der Waals surface area contributed by atoms with Crippen LogP contribution in [0.1, 0.15) is 0 Å². The van der Waals surface area contributed by atoms with Crippen molar-refractivity contribution in [2.45, 2.75) is 0 Å². The smallest absolute Gasteiger partial charge is 0.275 e. The van der Waals surface area contributed by atoms with E-state index in [0.29, 0.717) is 37.9 Å². The van der Waals surface area contributed by atoms with Crippen molar-refractivity contribution in [3.05, 3.63) is 47.1 Å². The van der Waals surface area contributed by atoms with Gasteiger partial charge >= 0.3 is 0 Å². The van der Waals surface area contributed by atoms with Gasteiger partial charge in [0.25, 0.3) is 5.56 Å². The Morgan fingerprint density at radius 3 is 2.96 bits per heavy atom. The first-order chi connectivity index (χ1) is 11.7. The molecule has 0 unspecified atom stereocenters.